The van der Waals surface area contributed by atoms with Gasteiger partial charge in [-0.05, 0) is 0 Å². The number of hydrogen-bond acceptors (Lipinski definition) is 5. The van der Waals surface area contributed by atoms with Crippen LogP contribution in [0.2, 0.25) is 0 Å². The van der Waals surface area contributed by atoms with Crippen LogP contribution in [0.5, 0.6) is 0 Å². The van der Waals surface area contributed by atoms with Crippen LogP contribution >= 0.6 is 0 Å². The van der Waals surface area contributed by atoms with Crippen LogP contribution in [-0.4, -0.2) is 47.5 Å². The van der Waals surface area contributed by atoms with Crippen molar-refractivity contribution in [1.29, 1.82) is 0 Å². The number of hydrogen-bond donors (Lipinski definition) is 0. The minimum Gasteiger partial charge on any atom is -0.343 e. The molecule has 86 valence electrons. The average molecular weight is 225 g/mol. The van der Waals surface area contributed by atoms with Gasteiger partial charge in [0.15, 0.2) is 5.78 Å². The molecule has 3 fully saturated rings. The molecule has 6 heteroatoms. The van der Waals surface area contributed by atoms with E-state index in [4.69, 9.17) is 9.47 Å². The van der Waals surface area contributed by atoms with Crippen molar-refractivity contribution in [1.82, 2.24) is 4.90 Å². The van der Waals surface area contributed by atoms with E-state index in [-0.39, 0.29) is 49.6 Å². The van der Waals surface area contributed by atoms with Gasteiger partial charge in [-0.1, -0.05) is 0 Å². The number of likely N-dealkylation sites (tertiary alicyclic amines) is 1. The number of fused-ring (bicyclic) bond motifs is 2. The van der Waals surface area contributed by atoms with Crippen molar-refractivity contribution in [2.24, 2.45) is 0 Å². The fraction of sp³-hybridized carbons (Fsp3) is 0.700. The Bertz CT molecular complexity index is 363. The molecule has 2 bridgehead atoms. The lowest BCUT2D eigenvalue weighted by Gasteiger charge is -2.32. The summed E-state index contributed by atoms with van der Waals surface area (Å²) < 4.78 is 10.4. The van der Waals surface area contributed by atoms with Crippen LogP contribution in [0.3, 0.4) is 0 Å². The lowest BCUT2D eigenvalue weighted by atomic mass is 10.0. The van der Waals surface area contributed by atoms with E-state index in [0.717, 1.165) is 0 Å². The largest absolute Gasteiger partial charge is 0.343 e. The smallest absolute Gasteiger partial charge is 0.230 e. The topological polar surface area (TPSA) is 72.9 Å². The summed E-state index contributed by atoms with van der Waals surface area (Å²) in [6.45, 7) is 0.276. The molecule has 0 radical (unpaired) electrons. The lowest BCUT2D eigenvalue weighted by molar-refractivity contribution is -0.163. The Labute approximate surface area is 91.5 Å². The molecule has 3 atom stereocenters. The van der Waals surface area contributed by atoms with Gasteiger partial charge in [-0.25, -0.2) is 0 Å². The van der Waals surface area contributed by atoms with Crippen molar-refractivity contribution in [2.45, 2.75) is 37.7 Å². The fourth-order valence-electron chi connectivity index (χ4n) is 2.45. The molecule has 2 amide bonds. The predicted octanol–water partition coefficient (Wildman–Crippen LogP) is -0.782. The molecule has 0 aromatic rings. The van der Waals surface area contributed by atoms with Crippen LogP contribution < -0.4 is 0 Å². The lowest BCUT2D eigenvalue weighted by Crippen LogP contribution is -2.51. The highest BCUT2D eigenvalue weighted by Crippen LogP contribution is 2.30. The van der Waals surface area contributed by atoms with Crippen molar-refractivity contribution >= 4 is 17.6 Å². The third kappa shape index (κ3) is 1.30. The van der Waals surface area contributed by atoms with E-state index in [9.17, 15) is 14.4 Å². The van der Waals surface area contributed by atoms with Crippen LogP contribution in [0, 0.1) is 0 Å². The zero-order valence-corrected chi connectivity index (χ0v) is 8.55. The highest BCUT2D eigenvalue weighted by atomic mass is 16.7. The number of Topliss-reactive ketones (excluding diaryl/α,β-unsaturated/α-hetero) is 1. The number of carbonyl (C=O) groups excluding carboxylic acids is 3. The number of rotatable bonds is 1. The van der Waals surface area contributed by atoms with E-state index >= 15 is 0 Å². The Kier molecular flexibility index (Phi) is 2.08. The summed E-state index contributed by atoms with van der Waals surface area (Å²) in [5.41, 5.74) is 0. The van der Waals surface area contributed by atoms with Gasteiger partial charge in [0.05, 0.1) is 12.6 Å². The minimum atomic E-state index is -0.783. The first-order valence-electron chi connectivity index (χ1n) is 5.31. The number of ether oxygens (including phenoxy) is 2. The Balaban J connectivity index is 1.86. The molecule has 0 aromatic carbocycles. The van der Waals surface area contributed by atoms with Gasteiger partial charge in [-0.15, -0.1) is 0 Å². The second kappa shape index (κ2) is 3.36. The van der Waals surface area contributed by atoms with Crippen LogP contribution in [0.1, 0.15) is 19.3 Å². The van der Waals surface area contributed by atoms with E-state index in [2.05, 4.69) is 0 Å². The quantitative estimate of drug-likeness (QED) is 0.547. The van der Waals surface area contributed by atoms with Crippen molar-refractivity contribution < 1.29 is 23.9 Å². The van der Waals surface area contributed by atoms with E-state index in [0.29, 0.717) is 0 Å². The molecule has 16 heavy (non-hydrogen) atoms. The Morgan fingerprint density at radius 1 is 1.12 bits per heavy atom. The number of carbonyl (C=O) groups is 3. The summed E-state index contributed by atoms with van der Waals surface area (Å²) >= 11 is 0. The Morgan fingerprint density at radius 3 is 2.50 bits per heavy atom. The number of imide groups is 1. The van der Waals surface area contributed by atoms with Crippen molar-refractivity contribution in [2.75, 3.05) is 6.61 Å². The fourth-order valence-corrected chi connectivity index (χ4v) is 2.45. The zero-order chi connectivity index (χ0) is 11.3. The molecule has 0 aromatic heterocycles. The third-order valence-corrected chi connectivity index (χ3v) is 3.23. The van der Waals surface area contributed by atoms with Gasteiger partial charge in [0.1, 0.15) is 6.10 Å². The van der Waals surface area contributed by atoms with E-state index in [1.54, 1.807) is 0 Å². The second-order valence-corrected chi connectivity index (χ2v) is 4.24. The summed E-state index contributed by atoms with van der Waals surface area (Å²) in [7, 11) is 0. The maximum absolute atomic E-state index is 11.6. The summed E-state index contributed by atoms with van der Waals surface area (Å²) in [5.74, 6) is -0.611. The van der Waals surface area contributed by atoms with Crippen LogP contribution in [0.15, 0.2) is 0 Å². The Morgan fingerprint density at radius 2 is 1.81 bits per heavy atom. The molecule has 3 heterocycles. The maximum atomic E-state index is 11.6. The van der Waals surface area contributed by atoms with Gasteiger partial charge in [-0.2, -0.15) is 0 Å². The van der Waals surface area contributed by atoms with Gasteiger partial charge in [0.2, 0.25) is 18.1 Å². The highest BCUT2D eigenvalue weighted by Gasteiger charge is 2.49. The molecule has 6 nitrogen and oxygen atoms in total. The number of amides is 2. The SMILES string of the molecule is O=C1C[C@H](N2C(=O)CCC2=O)[C@@H]2CO[C@@H]1O2. The summed E-state index contributed by atoms with van der Waals surface area (Å²) in [6.07, 6.45) is -0.490. The molecule has 0 aliphatic carbocycles. The second-order valence-electron chi connectivity index (χ2n) is 4.24. The van der Waals surface area contributed by atoms with E-state index in [1.807, 2.05) is 0 Å². The predicted molar refractivity (Wildman–Crippen MR) is 49.1 cm³/mol. The van der Waals surface area contributed by atoms with E-state index < -0.39 is 12.3 Å². The van der Waals surface area contributed by atoms with Gasteiger partial charge in [0.25, 0.3) is 0 Å². The van der Waals surface area contributed by atoms with E-state index in [1.165, 1.54) is 4.90 Å². The monoisotopic (exact) mass is 225 g/mol. The summed E-state index contributed by atoms with van der Waals surface area (Å²) in [4.78, 5) is 35.8. The van der Waals surface area contributed by atoms with Gasteiger partial charge < -0.3 is 9.47 Å². The van der Waals surface area contributed by atoms with Crippen molar-refractivity contribution in [3.63, 3.8) is 0 Å². The van der Waals surface area contributed by atoms with Crippen LogP contribution in [-0.2, 0) is 23.9 Å². The Hall–Kier alpha value is -1.27. The van der Waals surface area contributed by atoms with Crippen LogP contribution in [0.25, 0.3) is 0 Å². The van der Waals surface area contributed by atoms with Gasteiger partial charge >= 0.3 is 0 Å². The maximum Gasteiger partial charge on any atom is 0.230 e. The van der Waals surface area contributed by atoms with Crippen LogP contribution in [0.4, 0.5) is 0 Å². The third-order valence-electron chi connectivity index (χ3n) is 3.23. The normalized spacial score (nSPS) is 38.6. The molecule has 3 saturated heterocycles. The molecule has 3 aliphatic heterocycles. The molecule has 0 N–H and O–H groups in total. The van der Waals surface area contributed by atoms with Crippen molar-refractivity contribution in [3.8, 4) is 0 Å². The first kappa shape index (κ1) is 9.92. The zero-order valence-electron chi connectivity index (χ0n) is 8.55. The highest BCUT2D eigenvalue weighted by molar-refractivity contribution is 6.03. The molecular weight excluding hydrogens is 214 g/mol. The minimum absolute atomic E-state index is 0.160. The van der Waals surface area contributed by atoms with Gasteiger partial charge in [-0.3, -0.25) is 19.3 Å². The average Bonchev–Trinajstić information content (AvgIpc) is 2.81. The first-order chi connectivity index (χ1) is 7.66. The summed E-state index contributed by atoms with van der Waals surface area (Å²) in [5, 5.41) is 0. The molecule has 0 unspecified atom stereocenters. The molecule has 3 rings (SSSR count). The number of ketones is 1. The van der Waals surface area contributed by atoms with Gasteiger partial charge in [0, 0.05) is 19.3 Å². The molecule has 0 spiro atoms. The van der Waals surface area contributed by atoms with Crippen molar-refractivity contribution in [3.05, 3.63) is 0 Å². The molecule has 0 saturated carbocycles. The standard InChI is InChI=1S/C10H11NO5/c12-6-3-5(7-4-15-10(6)16-7)11-8(13)1-2-9(11)14/h5,7,10H,1-4H2/t5-,7-,10+/m0/s1. The number of nitrogens with zero attached hydrogens (tertiary/aromatic N) is 1. The summed E-state index contributed by atoms with van der Waals surface area (Å²) in [6, 6.07) is -0.464. The molecular formula is C10H11NO5. The first-order valence-corrected chi connectivity index (χ1v) is 5.31. The molecule has 3 aliphatic rings.